The number of hydrogen-bond acceptors (Lipinski definition) is 5. The maximum atomic E-state index is 12.6. The van der Waals surface area contributed by atoms with E-state index in [4.69, 9.17) is 4.74 Å². The van der Waals surface area contributed by atoms with Crippen LogP contribution in [0.25, 0.3) is 0 Å². The fraction of sp³-hybridized carbons (Fsp3) is 0.227. The Morgan fingerprint density at radius 3 is 2.89 bits per heavy atom. The maximum absolute atomic E-state index is 12.6. The number of amides is 1. The maximum Gasteiger partial charge on any atom is 0.261 e. The molecular weight excluding hydrogens is 388 g/mol. The van der Waals surface area contributed by atoms with Gasteiger partial charge in [0.15, 0.2) is 0 Å². The van der Waals surface area contributed by atoms with Gasteiger partial charge in [-0.3, -0.25) is 4.79 Å². The third-order valence-corrected chi connectivity index (χ3v) is 6.85. The molecule has 0 spiro atoms. The molecule has 0 saturated carbocycles. The summed E-state index contributed by atoms with van der Waals surface area (Å²) in [6.07, 6.45) is 0. The fourth-order valence-corrected chi connectivity index (χ4v) is 5.30. The van der Waals surface area contributed by atoms with E-state index in [1.807, 2.05) is 48.2 Å². The SMILES string of the molecule is COc1cccc(CNC(=O)c2ccc(N3CC(C)Sc4ccccc43)s2)c1. The van der Waals surface area contributed by atoms with Gasteiger partial charge in [-0.2, -0.15) is 0 Å². The Hall–Kier alpha value is -2.44. The second-order valence-corrected chi connectivity index (χ2v) is 9.22. The van der Waals surface area contributed by atoms with Gasteiger partial charge < -0.3 is 15.0 Å². The normalized spacial score (nSPS) is 15.8. The highest BCUT2D eigenvalue weighted by Gasteiger charge is 2.24. The summed E-state index contributed by atoms with van der Waals surface area (Å²) in [7, 11) is 1.64. The molecule has 1 atom stereocenters. The first-order valence-electron chi connectivity index (χ1n) is 9.18. The number of carbonyl (C=O) groups is 1. The summed E-state index contributed by atoms with van der Waals surface area (Å²) < 4.78 is 5.24. The number of fused-ring (bicyclic) bond motifs is 1. The van der Waals surface area contributed by atoms with Crippen molar-refractivity contribution < 1.29 is 9.53 Å². The zero-order chi connectivity index (χ0) is 19.5. The van der Waals surface area contributed by atoms with E-state index in [0.717, 1.165) is 27.7 Å². The van der Waals surface area contributed by atoms with E-state index in [0.29, 0.717) is 11.8 Å². The predicted molar refractivity (Wildman–Crippen MR) is 117 cm³/mol. The Balaban J connectivity index is 1.47. The van der Waals surface area contributed by atoms with Crippen molar-refractivity contribution in [3.05, 3.63) is 71.1 Å². The van der Waals surface area contributed by atoms with E-state index in [1.54, 1.807) is 7.11 Å². The van der Waals surface area contributed by atoms with Gasteiger partial charge in [0.25, 0.3) is 5.91 Å². The van der Waals surface area contributed by atoms with Crippen LogP contribution in [0.2, 0.25) is 0 Å². The predicted octanol–water partition coefficient (Wildman–Crippen LogP) is 5.32. The summed E-state index contributed by atoms with van der Waals surface area (Å²) in [6.45, 7) is 3.65. The molecule has 1 aromatic heterocycles. The molecule has 1 amide bonds. The highest BCUT2D eigenvalue weighted by Crippen LogP contribution is 2.43. The van der Waals surface area contributed by atoms with E-state index in [-0.39, 0.29) is 5.91 Å². The number of nitrogens with zero attached hydrogens (tertiary/aromatic N) is 1. The van der Waals surface area contributed by atoms with Crippen molar-refractivity contribution in [1.29, 1.82) is 0 Å². The molecule has 0 fully saturated rings. The van der Waals surface area contributed by atoms with Crippen LogP contribution in [0.3, 0.4) is 0 Å². The lowest BCUT2D eigenvalue weighted by Crippen LogP contribution is -2.28. The lowest BCUT2D eigenvalue weighted by molar-refractivity contribution is 0.0955. The van der Waals surface area contributed by atoms with Crippen molar-refractivity contribution in [2.45, 2.75) is 23.6 Å². The molecular formula is C22H22N2O2S2. The Labute approximate surface area is 173 Å². The minimum atomic E-state index is -0.0493. The molecule has 0 aliphatic carbocycles. The Kier molecular flexibility index (Phi) is 5.59. The Bertz CT molecular complexity index is 986. The van der Waals surface area contributed by atoms with Crippen molar-refractivity contribution >= 4 is 39.7 Å². The third kappa shape index (κ3) is 4.03. The van der Waals surface area contributed by atoms with Crippen LogP contribution in [0.4, 0.5) is 10.7 Å². The number of rotatable bonds is 5. The summed E-state index contributed by atoms with van der Waals surface area (Å²) in [5, 5.41) is 4.61. The van der Waals surface area contributed by atoms with Crippen LogP contribution in [0.1, 0.15) is 22.2 Å². The van der Waals surface area contributed by atoms with Crippen molar-refractivity contribution in [1.82, 2.24) is 5.32 Å². The molecule has 1 unspecified atom stereocenters. The van der Waals surface area contributed by atoms with E-state index < -0.39 is 0 Å². The minimum absolute atomic E-state index is 0.0493. The van der Waals surface area contributed by atoms with Crippen LogP contribution >= 0.6 is 23.1 Å². The van der Waals surface area contributed by atoms with Crippen molar-refractivity contribution in [2.24, 2.45) is 0 Å². The number of para-hydroxylation sites is 1. The van der Waals surface area contributed by atoms with E-state index in [9.17, 15) is 4.79 Å². The number of methoxy groups -OCH3 is 1. The zero-order valence-corrected chi connectivity index (χ0v) is 17.5. The smallest absolute Gasteiger partial charge is 0.261 e. The molecule has 0 bridgehead atoms. The molecule has 3 aromatic rings. The van der Waals surface area contributed by atoms with Gasteiger partial charge in [-0.1, -0.05) is 31.2 Å². The van der Waals surface area contributed by atoms with Gasteiger partial charge in [-0.25, -0.2) is 0 Å². The van der Waals surface area contributed by atoms with E-state index >= 15 is 0 Å². The van der Waals surface area contributed by atoms with Gasteiger partial charge >= 0.3 is 0 Å². The van der Waals surface area contributed by atoms with Crippen LogP contribution in [-0.4, -0.2) is 24.8 Å². The number of ether oxygens (including phenoxy) is 1. The van der Waals surface area contributed by atoms with Gasteiger partial charge in [-0.05, 0) is 42.0 Å². The van der Waals surface area contributed by atoms with E-state index in [2.05, 4.69) is 41.4 Å². The first-order chi connectivity index (χ1) is 13.6. The monoisotopic (exact) mass is 410 g/mol. The standard InChI is InChI=1S/C22H22N2O2S2/c1-15-14-24(18-8-3-4-9-19(18)27-15)21-11-10-20(28-21)22(25)23-13-16-6-5-7-17(12-16)26-2/h3-12,15H,13-14H2,1-2H3,(H,23,25). The quantitative estimate of drug-likeness (QED) is 0.618. The lowest BCUT2D eigenvalue weighted by Gasteiger charge is -2.33. The fourth-order valence-electron chi connectivity index (χ4n) is 3.24. The summed E-state index contributed by atoms with van der Waals surface area (Å²) in [6, 6.07) is 20.2. The molecule has 1 aliphatic heterocycles. The number of thiophene rings is 1. The van der Waals surface area contributed by atoms with Crippen molar-refractivity contribution in [3.8, 4) is 5.75 Å². The molecule has 0 saturated heterocycles. The highest BCUT2D eigenvalue weighted by atomic mass is 32.2. The lowest BCUT2D eigenvalue weighted by atomic mass is 10.2. The second-order valence-electron chi connectivity index (χ2n) is 6.68. The van der Waals surface area contributed by atoms with Crippen LogP contribution in [0, 0.1) is 0 Å². The van der Waals surface area contributed by atoms with Crippen LogP contribution in [-0.2, 0) is 6.54 Å². The summed E-state index contributed by atoms with van der Waals surface area (Å²) in [5.41, 5.74) is 2.23. The molecule has 1 aliphatic rings. The number of nitrogens with one attached hydrogen (secondary N) is 1. The molecule has 2 heterocycles. The first kappa shape index (κ1) is 18.9. The topological polar surface area (TPSA) is 41.6 Å². The van der Waals surface area contributed by atoms with Crippen molar-refractivity contribution in [3.63, 3.8) is 0 Å². The molecule has 1 N–H and O–H groups in total. The number of carbonyl (C=O) groups excluding carboxylic acids is 1. The molecule has 4 nitrogen and oxygen atoms in total. The number of thioether (sulfide) groups is 1. The molecule has 28 heavy (non-hydrogen) atoms. The van der Waals surface area contributed by atoms with E-state index in [1.165, 1.54) is 21.9 Å². The van der Waals surface area contributed by atoms with Gasteiger partial charge in [0.2, 0.25) is 0 Å². The summed E-state index contributed by atoms with van der Waals surface area (Å²) in [4.78, 5) is 17.0. The van der Waals surface area contributed by atoms with Gasteiger partial charge in [0.05, 0.1) is 22.7 Å². The molecule has 4 rings (SSSR count). The number of hydrogen-bond donors (Lipinski definition) is 1. The second kappa shape index (κ2) is 8.29. The van der Waals surface area contributed by atoms with Crippen LogP contribution < -0.4 is 15.0 Å². The largest absolute Gasteiger partial charge is 0.497 e. The number of benzene rings is 2. The summed E-state index contributed by atoms with van der Waals surface area (Å²) >= 11 is 3.44. The van der Waals surface area contributed by atoms with Gasteiger partial charge in [0, 0.05) is 23.2 Å². The summed E-state index contributed by atoms with van der Waals surface area (Å²) in [5.74, 6) is 0.743. The molecule has 0 radical (unpaired) electrons. The Morgan fingerprint density at radius 1 is 1.18 bits per heavy atom. The molecule has 6 heteroatoms. The van der Waals surface area contributed by atoms with Crippen molar-refractivity contribution in [2.75, 3.05) is 18.6 Å². The molecule has 2 aromatic carbocycles. The van der Waals surface area contributed by atoms with Crippen LogP contribution in [0.15, 0.2) is 65.6 Å². The first-order valence-corrected chi connectivity index (χ1v) is 10.9. The Morgan fingerprint density at radius 2 is 2.04 bits per heavy atom. The number of anilines is 2. The average molecular weight is 411 g/mol. The van der Waals surface area contributed by atoms with Gasteiger partial charge in [0.1, 0.15) is 5.75 Å². The molecule has 144 valence electrons. The zero-order valence-electron chi connectivity index (χ0n) is 15.8. The minimum Gasteiger partial charge on any atom is -0.497 e. The average Bonchev–Trinajstić information content (AvgIpc) is 3.21. The highest BCUT2D eigenvalue weighted by molar-refractivity contribution is 8.00. The van der Waals surface area contributed by atoms with Crippen LogP contribution in [0.5, 0.6) is 5.75 Å². The van der Waals surface area contributed by atoms with Gasteiger partial charge in [-0.15, -0.1) is 23.1 Å². The third-order valence-electron chi connectivity index (χ3n) is 4.59.